The Balaban J connectivity index is 0.982. The molecular formula is C64H78N2. The van der Waals surface area contributed by atoms with Crippen LogP contribution >= 0.6 is 0 Å². The van der Waals surface area contributed by atoms with Crippen LogP contribution in [0.4, 0.5) is 0 Å². The Bertz CT molecular complexity index is 2560. The van der Waals surface area contributed by atoms with Crippen molar-refractivity contribution in [1.82, 2.24) is 9.80 Å². The lowest BCUT2D eigenvalue weighted by atomic mass is 9.46. The third-order valence-corrected chi connectivity index (χ3v) is 21.1. The van der Waals surface area contributed by atoms with Gasteiger partial charge in [0.15, 0.2) is 0 Å². The Labute approximate surface area is 398 Å². The number of hydrogen-bond donors (Lipinski definition) is 0. The van der Waals surface area contributed by atoms with E-state index in [0.717, 1.165) is 31.6 Å². The van der Waals surface area contributed by atoms with E-state index in [1.54, 1.807) is 39.2 Å². The molecule has 0 N–H and O–H groups in total. The molecule has 0 saturated heterocycles. The predicted molar refractivity (Wildman–Crippen MR) is 275 cm³/mol. The van der Waals surface area contributed by atoms with Crippen molar-refractivity contribution < 1.29 is 0 Å². The Morgan fingerprint density at radius 2 is 1.64 bits per heavy atom. The van der Waals surface area contributed by atoms with E-state index in [0.29, 0.717) is 71.4 Å². The normalized spacial score (nSPS) is 40.0. The van der Waals surface area contributed by atoms with Gasteiger partial charge >= 0.3 is 0 Å². The van der Waals surface area contributed by atoms with Gasteiger partial charge in [0.25, 0.3) is 0 Å². The zero-order chi connectivity index (χ0) is 44.9. The minimum atomic E-state index is 0.0307. The van der Waals surface area contributed by atoms with Crippen LogP contribution in [-0.4, -0.2) is 27.9 Å². The van der Waals surface area contributed by atoms with Crippen molar-refractivity contribution in [2.45, 2.75) is 155 Å². The second kappa shape index (κ2) is 15.2. The Morgan fingerprint density at radius 3 is 2.47 bits per heavy atom. The van der Waals surface area contributed by atoms with Gasteiger partial charge in [-0.25, -0.2) is 0 Å². The second-order valence-corrected chi connectivity index (χ2v) is 25.3. The first-order chi connectivity index (χ1) is 31.9. The van der Waals surface area contributed by atoms with E-state index in [4.69, 9.17) is 0 Å². The molecule has 1 aromatic rings. The topological polar surface area (TPSA) is 6.48 Å². The Morgan fingerprint density at radius 1 is 0.758 bits per heavy atom. The number of fused-ring (bicyclic) bond motifs is 5. The smallest absolute Gasteiger partial charge is 0.0520 e. The van der Waals surface area contributed by atoms with Crippen LogP contribution in [0.1, 0.15) is 143 Å². The molecule has 13 unspecified atom stereocenters. The minimum Gasteiger partial charge on any atom is -0.361 e. The molecule has 0 spiro atoms. The molecule has 2 fully saturated rings. The van der Waals surface area contributed by atoms with Crippen molar-refractivity contribution in [2.75, 3.05) is 0 Å². The monoisotopic (exact) mass is 875 g/mol. The van der Waals surface area contributed by atoms with E-state index in [9.17, 15) is 0 Å². The number of benzene rings is 1. The van der Waals surface area contributed by atoms with Crippen LogP contribution in [0.3, 0.4) is 0 Å². The molecule has 66 heavy (non-hydrogen) atoms. The predicted octanol–water partition coefficient (Wildman–Crippen LogP) is 15.6. The zero-order valence-electron chi connectivity index (χ0n) is 41.5. The lowest BCUT2D eigenvalue weighted by molar-refractivity contribution is 0.0651. The maximum Gasteiger partial charge on any atom is 0.0520 e. The molecule has 12 aliphatic carbocycles. The van der Waals surface area contributed by atoms with E-state index in [1.807, 2.05) is 11.1 Å². The molecule has 2 nitrogen and oxygen atoms in total. The summed E-state index contributed by atoms with van der Waals surface area (Å²) in [6, 6.07) is 10.8. The van der Waals surface area contributed by atoms with Gasteiger partial charge in [-0.2, -0.15) is 0 Å². The average Bonchev–Trinajstić information content (AvgIpc) is 3.72. The van der Waals surface area contributed by atoms with Gasteiger partial charge in [-0.1, -0.05) is 151 Å². The van der Waals surface area contributed by atoms with Gasteiger partial charge in [-0.3, -0.25) is 0 Å². The summed E-state index contributed by atoms with van der Waals surface area (Å²) in [6.45, 7) is 18.4. The van der Waals surface area contributed by atoms with Crippen LogP contribution in [0.5, 0.6) is 0 Å². The van der Waals surface area contributed by atoms with Crippen LogP contribution in [0.15, 0.2) is 149 Å². The first kappa shape index (κ1) is 42.1. The SMILES string of the molecule is CC1CC(N(C2C=CC=CC2)C2CCCC3=C2C(C)(C)c2ccccc23)=C2CC3C4=C(C=C(N(C5=CCCC=C5)C5CC=CC6C7CCC=CC7C(C)(C)C65)C5C=CC1C2C45)CCC3(C)C. The highest BCUT2D eigenvalue weighted by molar-refractivity contribution is 5.82. The van der Waals surface area contributed by atoms with Crippen molar-refractivity contribution in [3.63, 3.8) is 0 Å². The molecule has 344 valence electrons. The second-order valence-electron chi connectivity index (χ2n) is 25.3. The zero-order valence-corrected chi connectivity index (χ0v) is 41.5. The van der Waals surface area contributed by atoms with Crippen LogP contribution in [0.25, 0.3) is 5.57 Å². The first-order valence-corrected chi connectivity index (χ1v) is 27.2. The van der Waals surface area contributed by atoms with Crippen LogP contribution < -0.4 is 0 Å². The van der Waals surface area contributed by atoms with Crippen LogP contribution in [-0.2, 0) is 5.41 Å². The summed E-state index contributed by atoms with van der Waals surface area (Å²) in [5, 5.41) is 0. The van der Waals surface area contributed by atoms with Gasteiger partial charge in [0.05, 0.1) is 12.1 Å². The molecule has 12 aliphatic rings. The molecule has 0 aromatic heterocycles. The van der Waals surface area contributed by atoms with Gasteiger partial charge in [0.1, 0.15) is 0 Å². The molecule has 2 saturated carbocycles. The van der Waals surface area contributed by atoms with Crippen molar-refractivity contribution in [3.05, 3.63) is 160 Å². The quantitative estimate of drug-likeness (QED) is 0.263. The van der Waals surface area contributed by atoms with Crippen LogP contribution in [0.2, 0.25) is 0 Å². The van der Waals surface area contributed by atoms with Crippen molar-refractivity contribution >= 4 is 5.57 Å². The molecule has 0 bridgehead atoms. The van der Waals surface area contributed by atoms with E-state index in [2.05, 4.69) is 168 Å². The largest absolute Gasteiger partial charge is 0.361 e. The fourth-order valence-electron chi connectivity index (χ4n) is 18.4. The lowest BCUT2D eigenvalue weighted by Gasteiger charge is -2.61. The lowest BCUT2D eigenvalue weighted by Crippen LogP contribution is -2.55. The highest BCUT2D eigenvalue weighted by Crippen LogP contribution is 2.68. The maximum absolute atomic E-state index is 3.14. The number of hydrogen-bond acceptors (Lipinski definition) is 2. The van der Waals surface area contributed by atoms with Gasteiger partial charge < -0.3 is 9.80 Å². The van der Waals surface area contributed by atoms with E-state index in [-0.39, 0.29) is 16.2 Å². The molecular weight excluding hydrogens is 797 g/mol. The summed E-state index contributed by atoms with van der Waals surface area (Å²) in [5.41, 5.74) is 17.5. The van der Waals surface area contributed by atoms with Gasteiger partial charge in [-0.15, -0.1) is 0 Å². The minimum absolute atomic E-state index is 0.0307. The fraction of sp³-hybridized carbons (Fsp3) is 0.562. The summed E-state index contributed by atoms with van der Waals surface area (Å²) < 4.78 is 0. The molecule has 0 radical (unpaired) electrons. The average molecular weight is 875 g/mol. The standard InChI is InChI=1S/C64H78N2/c1-39-36-55(65(41-20-10-8-11-21-41)53-30-18-26-46-44-24-14-16-28-50(44)63(4,5)60(46)53)49-38-52-57-40(34-35-62(52,2)3)37-56(48-33-32-43(39)58(49)59(48)57)66(42-22-12-9-13-23-42)54-31-19-27-47-45-25-15-17-29-51(45)64(6,7)61(47)54/h8,10-12,14,16-17,19-20,22-24,27-29,32-33,37,39,41,43,45,47-48,51-54,58-59,61H,9,13,15,18,21,25-26,30-31,34-36,38H2,1-7H3. The molecule has 0 amide bonds. The van der Waals surface area contributed by atoms with E-state index < -0.39 is 0 Å². The molecule has 13 atom stereocenters. The van der Waals surface area contributed by atoms with Gasteiger partial charge in [0, 0.05) is 34.5 Å². The Kier molecular flexibility index (Phi) is 9.71. The summed E-state index contributed by atoms with van der Waals surface area (Å²) in [4.78, 5) is 6.18. The summed E-state index contributed by atoms with van der Waals surface area (Å²) >= 11 is 0. The van der Waals surface area contributed by atoms with Crippen LogP contribution in [0, 0.1) is 70.0 Å². The number of nitrogens with zero attached hydrogens (tertiary/aromatic N) is 2. The maximum atomic E-state index is 3.14. The summed E-state index contributed by atoms with van der Waals surface area (Å²) in [5.74, 6) is 6.00. The third kappa shape index (κ3) is 5.96. The van der Waals surface area contributed by atoms with E-state index in [1.165, 1.54) is 63.5 Å². The molecule has 1 aromatic carbocycles. The molecule has 0 aliphatic heterocycles. The summed E-state index contributed by atoms with van der Waals surface area (Å²) in [6.07, 6.45) is 52.3. The van der Waals surface area contributed by atoms with E-state index >= 15 is 0 Å². The molecule has 13 rings (SSSR count). The third-order valence-electron chi connectivity index (χ3n) is 21.1. The number of allylic oxidation sites excluding steroid dienone is 16. The van der Waals surface area contributed by atoms with Gasteiger partial charge in [0.2, 0.25) is 0 Å². The first-order valence-electron chi connectivity index (χ1n) is 27.2. The number of rotatable bonds is 6. The molecule has 0 heterocycles. The Hall–Kier alpha value is -4.04. The summed E-state index contributed by atoms with van der Waals surface area (Å²) in [7, 11) is 0. The van der Waals surface area contributed by atoms with Crippen molar-refractivity contribution in [1.29, 1.82) is 0 Å². The fourth-order valence-corrected chi connectivity index (χ4v) is 18.4. The highest BCUT2D eigenvalue weighted by Gasteiger charge is 2.61. The van der Waals surface area contributed by atoms with Gasteiger partial charge in [-0.05, 0) is 193 Å². The van der Waals surface area contributed by atoms with Crippen molar-refractivity contribution in [3.8, 4) is 0 Å². The molecule has 2 heteroatoms. The van der Waals surface area contributed by atoms with Crippen molar-refractivity contribution in [2.24, 2.45) is 70.0 Å². The highest BCUT2D eigenvalue weighted by atomic mass is 15.2.